The minimum Gasteiger partial charge on any atom is -0.442 e. The standard InChI is InChI=1S/C22H22N6O3/c1-12-14-6-7-28(22(29)26-20-8-19(31-27-20)13-2-3-13)17(14)4-5-18(12)30-21-15-9-23-10-16(15)24-11-25-21/h4-8,11,13,15-16,23H,2-3,9-10H2,1H3,(H,26,27,29). The van der Waals surface area contributed by atoms with Gasteiger partial charge in [0.2, 0.25) is 5.90 Å². The van der Waals surface area contributed by atoms with E-state index >= 15 is 0 Å². The second kappa shape index (κ2) is 7.05. The summed E-state index contributed by atoms with van der Waals surface area (Å²) in [6.07, 6.45) is 5.56. The van der Waals surface area contributed by atoms with Crippen LogP contribution in [0.15, 0.2) is 45.0 Å². The molecule has 2 aromatic heterocycles. The zero-order chi connectivity index (χ0) is 20.9. The molecule has 0 spiro atoms. The molecule has 0 radical (unpaired) electrons. The fraction of sp³-hybridized carbons (Fsp3) is 0.364. The summed E-state index contributed by atoms with van der Waals surface area (Å²) < 4.78 is 13.1. The highest BCUT2D eigenvalue weighted by Crippen LogP contribution is 2.40. The molecule has 1 amide bonds. The summed E-state index contributed by atoms with van der Waals surface area (Å²) in [7, 11) is 0. The first-order valence-corrected chi connectivity index (χ1v) is 10.5. The van der Waals surface area contributed by atoms with E-state index in [-0.39, 0.29) is 18.0 Å². The number of nitrogens with one attached hydrogen (secondary N) is 2. The van der Waals surface area contributed by atoms with Gasteiger partial charge in [-0.25, -0.2) is 9.79 Å². The van der Waals surface area contributed by atoms with E-state index < -0.39 is 0 Å². The largest absolute Gasteiger partial charge is 0.442 e. The van der Waals surface area contributed by atoms with Crippen LogP contribution in [-0.2, 0) is 0 Å². The first kappa shape index (κ1) is 18.3. The number of amides is 1. The zero-order valence-corrected chi connectivity index (χ0v) is 17.0. The van der Waals surface area contributed by atoms with E-state index in [2.05, 4.69) is 25.8 Å². The number of rotatable bonds is 3. The monoisotopic (exact) mass is 418 g/mol. The highest BCUT2D eigenvalue weighted by Gasteiger charge is 2.34. The number of benzene rings is 1. The predicted molar refractivity (Wildman–Crippen MR) is 116 cm³/mol. The number of anilines is 1. The number of aliphatic imine (C=N–C) groups is 2. The van der Waals surface area contributed by atoms with Crippen molar-refractivity contribution < 1.29 is 14.1 Å². The van der Waals surface area contributed by atoms with Crippen molar-refractivity contribution in [3.05, 3.63) is 41.8 Å². The van der Waals surface area contributed by atoms with E-state index in [1.807, 2.05) is 25.1 Å². The third-order valence-corrected chi connectivity index (χ3v) is 6.21. The van der Waals surface area contributed by atoms with E-state index in [0.717, 1.165) is 53.9 Å². The molecule has 158 valence electrons. The molecule has 1 aromatic carbocycles. The van der Waals surface area contributed by atoms with Gasteiger partial charge >= 0.3 is 6.03 Å². The predicted octanol–water partition coefficient (Wildman–Crippen LogP) is 3.30. The molecule has 1 saturated heterocycles. The molecule has 3 aliphatic rings. The molecule has 3 aromatic rings. The smallest absolute Gasteiger partial charge is 0.331 e. The SMILES string of the molecule is Cc1c(OC2=NC=NC3CNCC23)ccc2c1ccn2C(=O)Nc1cc(C2CC2)on1. The minimum atomic E-state index is -0.286. The summed E-state index contributed by atoms with van der Waals surface area (Å²) in [6, 6.07) is 7.38. The molecule has 9 heteroatoms. The molecule has 6 rings (SSSR count). The van der Waals surface area contributed by atoms with E-state index in [1.54, 1.807) is 23.2 Å². The van der Waals surface area contributed by atoms with Crippen molar-refractivity contribution >= 4 is 35.0 Å². The van der Waals surface area contributed by atoms with E-state index in [0.29, 0.717) is 17.6 Å². The van der Waals surface area contributed by atoms with Crippen LogP contribution in [0.5, 0.6) is 5.75 Å². The second-order valence-electron chi connectivity index (χ2n) is 8.29. The number of aromatic nitrogens is 2. The van der Waals surface area contributed by atoms with E-state index in [4.69, 9.17) is 9.26 Å². The van der Waals surface area contributed by atoms with Crippen molar-refractivity contribution in [1.29, 1.82) is 0 Å². The van der Waals surface area contributed by atoms with Crippen molar-refractivity contribution in [1.82, 2.24) is 15.0 Å². The summed E-state index contributed by atoms with van der Waals surface area (Å²) in [5.41, 5.74) is 1.75. The van der Waals surface area contributed by atoms with Gasteiger partial charge in [-0.15, -0.1) is 0 Å². The number of hydrogen-bond acceptors (Lipinski definition) is 7. The van der Waals surface area contributed by atoms with Crippen LogP contribution in [0.1, 0.15) is 30.1 Å². The number of hydrogen-bond donors (Lipinski definition) is 2. The first-order chi connectivity index (χ1) is 15.2. The first-order valence-electron chi connectivity index (χ1n) is 10.5. The van der Waals surface area contributed by atoms with Gasteiger partial charge in [0.15, 0.2) is 5.82 Å². The van der Waals surface area contributed by atoms with Gasteiger partial charge in [0.1, 0.15) is 17.8 Å². The van der Waals surface area contributed by atoms with Crippen LogP contribution < -0.4 is 15.4 Å². The lowest BCUT2D eigenvalue weighted by Gasteiger charge is -2.21. The van der Waals surface area contributed by atoms with Gasteiger partial charge in [0, 0.05) is 42.2 Å². The second-order valence-corrected chi connectivity index (χ2v) is 8.29. The Hall–Kier alpha value is -3.46. The fourth-order valence-corrected chi connectivity index (χ4v) is 4.27. The maximum absolute atomic E-state index is 12.8. The number of carbonyl (C=O) groups is 1. The molecule has 2 atom stereocenters. The van der Waals surface area contributed by atoms with Gasteiger partial charge in [-0.2, -0.15) is 0 Å². The minimum absolute atomic E-state index is 0.151. The van der Waals surface area contributed by atoms with Crippen LogP contribution in [0.25, 0.3) is 10.9 Å². The molecular weight excluding hydrogens is 396 g/mol. The zero-order valence-electron chi connectivity index (χ0n) is 17.0. The van der Waals surface area contributed by atoms with Crippen LogP contribution in [-0.4, -0.2) is 47.1 Å². The Kier molecular flexibility index (Phi) is 4.17. The molecular formula is C22H22N6O3. The topological polar surface area (TPSA) is 106 Å². The van der Waals surface area contributed by atoms with Gasteiger partial charge in [0.05, 0.1) is 17.5 Å². The van der Waals surface area contributed by atoms with E-state index in [1.165, 1.54) is 0 Å². The van der Waals surface area contributed by atoms with Crippen molar-refractivity contribution in [2.45, 2.75) is 31.7 Å². The molecule has 2 N–H and O–H groups in total. The lowest BCUT2D eigenvalue weighted by Crippen LogP contribution is -2.32. The van der Waals surface area contributed by atoms with Gasteiger partial charge in [-0.1, -0.05) is 5.16 Å². The van der Waals surface area contributed by atoms with Gasteiger partial charge < -0.3 is 14.6 Å². The molecule has 9 nitrogen and oxygen atoms in total. The molecule has 1 aliphatic carbocycles. The van der Waals surface area contributed by atoms with Crippen molar-refractivity contribution in [2.75, 3.05) is 18.4 Å². The van der Waals surface area contributed by atoms with Crippen LogP contribution in [0, 0.1) is 12.8 Å². The molecule has 2 unspecified atom stereocenters. The number of carbonyl (C=O) groups excluding carboxylic acids is 1. The fourth-order valence-electron chi connectivity index (χ4n) is 4.27. The Morgan fingerprint density at radius 3 is 3.06 bits per heavy atom. The van der Waals surface area contributed by atoms with Gasteiger partial charge in [-0.3, -0.25) is 14.9 Å². The van der Waals surface area contributed by atoms with Crippen molar-refractivity contribution in [3.8, 4) is 5.75 Å². The Bertz CT molecular complexity index is 1240. The third kappa shape index (κ3) is 3.21. The summed E-state index contributed by atoms with van der Waals surface area (Å²) in [5.74, 6) is 3.28. The van der Waals surface area contributed by atoms with Gasteiger partial charge in [0.25, 0.3) is 0 Å². The van der Waals surface area contributed by atoms with Crippen LogP contribution >= 0.6 is 0 Å². The molecule has 2 aliphatic heterocycles. The number of nitrogens with zero attached hydrogens (tertiary/aromatic N) is 4. The molecule has 31 heavy (non-hydrogen) atoms. The van der Waals surface area contributed by atoms with Crippen LogP contribution in [0.3, 0.4) is 0 Å². The number of aryl methyl sites for hydroxylation is 1. The number of ether oxygens (including phenoxy) is 1. The normalized spacial score (nSPS) is 22.4. The summed E-state index contributed by atoms with van der Waals surface area (Å²) in [5, 5.41) is 11.1. The Balaban J connectivity index is 1.24. The average molecular weight is 418 g/mol. The molecule has 4 heterocycles. The number of fused-ring (bicyclic) bond motifs is 2. The average Bonchev–Trinajstić information content (AvgIpc) is 3.17. The molecule has 2 fully saturated rings. The molecule has 0 bridgehead atoms. The lowest BCUT2D eigenvalue weighted by atomic mass is 10.0. The maximum atomic E-state index is 12.8. The van der Waals surface area contributed by atoms with Crippen LogP contribution in [0.4, 0.5) is 10.6 Å². The van der Waals surface area contributed by atoms with E-state index in [9.17, 15) is 4.79 Å². The van der Waals surface area contributed by atoms with Crippen LogP contribution in [0.2, 0.25) is 0 Å². The van der Waals surface area contributed by atoms with Gasteiger partial charge in [-0.05, 0) is 38.0 Å². The highest BCUT2D eigenvalue weighted by atomic mass is 16.5. The third-order valence-electron chi connectivity index (χ3n) is 6.21. The summed E-state index contributed by atoms with van der Waals surface area (Å²) in [6.45, 7) is 3.64. The Morgan fingerprint density at radius 1 is 1.29 bits per heavy atom. The highest BCUT2D eigenvalue weighted by molar-refractivity contribution is 6.00. The summed E-state index contributed by atoms with van der Waals surface area (Å²) >= 11 is 0. The lowest BCUT2D eigenvalue weighted by molar-refractivity contribution is 0.254. The molecule has 1 saturated carbocycles. The quantitative estimate of drug-likeness (QED) is 0.679. The van der Waals surface area contributed by atoms with Crippen molar-refractivity contribution in [2.24, 2.45) is 15.9 Å². The van der Waals surface area contributed by atoms with Crippen molar-refractivity contribution in [3.63, 3.8) is 0 Å². The Labute approximate surface area is 178 Å². The Morgan fingerprint density at radius 2 is 2.19 bits per heavy atom. The maximum Gasteiger partial charge on any atom is 0.331 e. The summed E-state index contributed by atoms with van der Waals surface area (Å²) in [4.78, 5) is 21.6.